The molecule has 1 heterocycles. The van der Waals surface area contributed by atoms with Gasteiger partial charge in [0.1, 0.15) is 18.1 Å². The van der Waals surface area contributed by atoms with Crippen molar-refractivity contribution in [2.75, 3.05) is 25.1 Å². The van der Waals surface area contributed by atoms with E-state index in [-0.39, 0.29) is 12.0 Å². The molecule has 0 spiro atoms. The van der Waals surface area contributed by atoms with E-state index in [1.165, 1.54) is 0 Å². The lowest BCUT2D eigenvalue weighted by molar-refractivity contribution is 0.0679. The van der Waals surface area contributed by atoms with E-state index < -0.39 is 0 Å². The van der Waals surface area contributed by atoms with Crippen LogP contribution in [0.15, 0.2) is 48.5 Å². The maximum Gasteiger partial charge on any atom is 0.259 e. The van der Waals surface area contributed by atoms with Crippen molar-refractivity contribution < 1.29 is 19.0 Å². The van der Waals surface area contributed by atoms with Crippen molar-refractivity contribution in [2.24, 2.45) is 0 Å². The molecular weight excluding hydrogens is 318 g/mol. The summed E-state index contributed by atoms with van der Waals surface area (Å²) in [6, 6.07) is 14.6. The van der Waals surface area contributed by atoms with E-state index in [2.05, 4.69) is 5.32 Å². The van der Waals surface area contributed by atoms with Gasteiger partial charge in [-0.05, 0) is 56.2 Å². The summed E-state index contributed by atoms with van der Waals surface area (Å²) in [6.07, 6.45) is 2.34. The molecule has 3 rings (SSSR count). The second-order valence-corrected chi connectivity index (χ2v) is 5.85. The maximum atomic E-state index is 12.5. The van der Waals surface area contributed by atoms with Gasteiger partial charge >= 0.3 is 0 Å². The van der Waals surface area contributed by atoms with Gasteiger partial charge in [-0.25, -0.2) is 0 Å². The summed E-state index contributed by atoms with van der Waals surface area (Å²) in [4.78, 5) is 12.5. The Morgan fingerprint density at radius 3 is 2.68 bits per heavy atom. The Morgan fingerprint density at radius 1 is 1.16 bits per heavy atom. The highest BCUT2D eigenvalue weighted by molar-refractivity contribution is 6.06. The first kappa shape index (κ1) is 17.3. The average molecular weight is 341 g/mol. The van der Waals surface area contributed by atoms with Crippen LogP contribution in [0, 0.1) is 0 Å². The minimum atomic E-state index is -0.197. The molecule has 1 saturated heterocycles. The molecule has 0 saturated carbocycles. The molecule has 5 heteroatoms. The van der Waals surface area contributed by atoms with Gasteiger partial charge in [-0.1, -0.05) is 12.1 Å². The normalized spacial score (nSPS) is 16.4. The van der Waals surface area contributed by atoms with Crippen LogP contribution in [0.3, 0.4) is 0 Å². The zero-order valence-electron chi connectivity index (χ0n) is 14.4. The van der Waals surface area contributed by atoms with Crippen LogP contribution in [0.2, 0.25) is 0 Å². The number of para-hydroxylation sites is 1. The zero-order valence-corrected chi connectivity index (χ0v) is 14.4. The number of carbonyl (C=O) groups excluding carboxylic acids is 1. The lowest BCUT2D eigenvalue weighted by Crippen LogP contribution is -2.16. The van der Waals surface area contributed by atoms with Gasteiger partial charge in [0.2, 0.25) is 0 Å². The Morgan fingerprint density at radius 2 is 1.96 bits per heavy atom. The third-order valence-corrected chi connectivity index (χ3v) is 4.00. The van der Waals surface area contributed by atoms with E-state index in [1.54, 1.807) is 12.1 Å². The molecule has 0 radical (unpaired) electrons. The molecule has 2 aromatic carbocycles. The standard InChI is InChI=1S/C20H23NO4/c1-2-23-19-8-4-3-7-18(19)20(22)21-15-9-11-16(12-10-15)25-14-17-6-5-13-24-17/h3-4,7-12,17H,2,5-6,13-14H2,1H3,(H,21,22)/t17-/m0/s1. The van der Waals surface area contributed by atoms with Crippen molar-refractivity contribution in [2.45, 2.75) is 25.9 Å². The topological polar surface area (TPSA) is 56.8 Å². The summed E-state index contributed by atoms with van der Waals surface area (Å²) in [5, 5.41) is 2.88. The molecule has 1 amide bonds. The molecule has 1 atom stereocenters. The number of carbonyl (C=O) groups is 1. The fourth-order valence-corrected chi connectivity index (χ4v) is 2.73. The number of ether oxygens (including phenoxy) is 3. The van der Waals surface area contributed by atoms with Crippen LogP contribution in [-0.4, -0.2) is 31.8 Å². The minimum Gasteiger partial charge on any atom is -0.493 e. The van der Waals surface area contributed by atoms with Gasteiger partial charge in [-0.3, -0.25) is 4.79 Å². The van der Waals surface area contributed by atoms with E-state index in [0.29, 0.717) is 30.2 Å². The summed E-state index contributed by atoms with van der Waals surface area (Å²) in [5.41, 5.74) is 1.23. The zero-order chi connectivity index (χ0) is 17.5. The van der Waals surface area contributed by atoms with Crippen molar-refractivity contribution in [1.29, 1.82) is 0 Å². The van der Waals surface area contributed by atoms with Gasteiger partial charge < -0.3 is 19.5 Å². The van der Waals surface area contributed by atoms with Crippen molar-refractivity contribution in [3.63, 3.8) is 0 Å². The van der Waals surface area contributed by atoms with Gasteiger partial charge in [0.25, 0.3) is 5.91 Å². The second kappa shape index (κ2) is 8.53. The van der Waals surface area contributed by atoms with Crippen molar-refractivity contribution >= 4 is 11.6 Å². The molecule has 25 heavy (non-hydrogen) atoms. The lowest BCUT2D eigenvalue weighted by atomic mass is 10.2. The third-order valence-electron chi connectivity index (χ3n) is 4.00. The first-order valence-corrected chi connectivity index (χ1v) is 8.64. The number of rotatable bonds is 7. The molecule has 1 fully saturated rings. The molecule has 5 nitrogen and oxygen atoms in total. The molecule has 0 aliphatic carbocycles. The maximum absolute atomic E-state index is 12.5. The number of anilines is 1. The van der Waals surface area contributed by atoms with Gasteiger partial charge in [-0.15, -0.1) is 0 Å². The summed E-state index contributed by atoms with van der Waals surface area (Å²) in [7, 11) is 0. The predicted octanol–water partition coefficient (Wildman–Crippen LogP) is 3.90. The fraction of sp³-hybridized carbons (Fsp3) is 0.350. The summed E-state index contributed by atoms with van der Waals surface area (Å²) >= 11 is 0. The Labute approximate surface area is 147 Å². The molecule has 2 aromatic rings. The van der Waals surface area contributed by atoms with Crippen LogP contribution in [-0.2, 0) is 4.74 Å². The highest BCUT2D eigenvalue weighted by Crippen LogP contribution is 2.22. The number of hydrogen-bond acceptors (Lipinski definition) is 4. The molecule has 132 valence electrons. The van der Waals surface area contributed by atoms with Gasteiger partial charge in [0.15, 0.2) is 0 Å². The van der Waals surface area contributed by atoms with Crippen LogP contribution in [0.25, 0.3) is 0 Å². The SMILES string of the molecule is CCOc1ccccc1C(=O)Nc1ccc(OC[C@@H]2CCCO2)cc1. The molecule has 0 unspecified atom stereocenters. The highest BCUT2D eigenvalue weighted by Gasteiger charge is 2.16. The molecular formula is C20H23NO4. The molecule has 0 aromatic heterocycles. The van der Waals surface area contributed by atoms with Gasteiger partial charge in [-0.2, -0.15) is 0 Å². The Bertz CT molecular complexity index is 693. The van der Waals surface area contributed by atoms with Crippen molar-refractivity contribution in [3.8, 4) is 11.5 Å². The fourth-order valence-electron chi connectivity index (χ4n) is 2.73. The number of amides is 1. The highest BCUT2D eigenvalue weighted by atomic mass is 16.5. The minimum absolute atomic E-state index is 0.189. The van der Waals surface area contributed by atoms with Crippen LogP contribution >= 0.6 is 0 Å². The number of nitrogens with one attached hydrogen (secondary N) is 1. The Kier molecular flexibility index (Phi) is 5.90. The second-order valence-electron chi connectivity index (χ2n) is 5.85. The first-order chi connectivity index (χ1) is 12.3. The Hall–Kier alpha value is -2.53. The summed E-state index contributed by atoms with van der Waals surface area (Å²) in [5.74, 6) is 1.15. The van der Waals surface area contributed by atoms with E-state index in [1.807, 2.05) is 43.3 Å². The largest absolute Gasteiger partial charge is 0.493 e. The van der Waals surface area contributed by atoms with E-state index in [0.717, 1.165) is 25.2 Å². The summed E-state index contributed by atoms with van der Waals surface area (Å²) < 4.78 is 16.8. The summed E-state index contributed by atoms with van der Waals surface area (Å²) in [6.45, 7) is 3.79. The van der Waals surface area contributed by atoms with Crippen LogP contribution in [0.5, 0.6) is 11.5 Å². The van der Waals surface area contributed by atoms with Crippen molar-refractivity contribution in [1.82, 2.24) is 0 Å². The van der Waals surface area contributed by atoms with Gasteiger partial charge in [0, 0.05) is 12.3 Å². The van der Waals surface area contributed by atoms with Crippen LogP contribution in [0.4, 0.5) is 5.69 Å². The monoisotopic (exact) mass is 341 g/mol. The predicted molar refractivity (Wildman–Crippen MR) is 96.5 cm³/mol. The van der Waals surface area contributed by atoms with E-state index >= 15 is 0 Å². The average Bonchev–Trinajstić information content (AvgIpc) is 3.15. The van der Waals surface area contributed by atoms with E-state index in [4.69, 9.17) is 14.2 Å². The lowest BCUT2D eigenvalue weighted by Gasteiger charge is -2.13. The first-order valence-electron chi connectivity index (χ1n) is 8.64. The molecule has 1 aliphatic heterocycles. The third kappa shape index (κ3) is 4.73. The molecule has 1 aliphatic rings. The number of benzene rings is 2. The smallest absolute Gasteiger partial charge is 0.259 e. The van der Waals surface area contributed by atoms with Crippen LogP contribution in [0.1, 0.15) is 30.1 Å². The number of hydrogen-bond donors (Lipinski definition) is 1. The molecule has 0 bridgehead atoms. The van der Waals surface area contributed by atoms with Gasteiger partial charge in [0.05, 0.1) is 18.3 Å². The quantitative estimate of drug-likeness (QED) is 0.830. The van der Waals surface area contributed by atoms with Crippen LogP contribution < -0.4 is 14.8 Å². The molecule has 1 N–H and O–H groups in total. The van der Waals surface area contributed by atoms with E-state index in [9.17, 15) is 4.79 Å². The van der Waals surface area contributed by atoms with Crippen molar-refractivity contribution in [3.05, 3.63) is 54.1 Å². The Balaban J connectivity index is 1.58.